The summed E-state index contributed by atoms with van der Waals surface area (Å²) < 4.78 is 10.9. The molecule has 1 aliphatic heterocycles. The van der Waals surface area contributed by atoms with Crippen LogP contribution in [0.4, 0.5) is 0 Å². The Labute approximate surface area is 126 Å². The lowest BCUT2D eigenvalue weighted by Gasteiger charge is -2.25. The van der Waals surface area contributed by atoms with Crippen LogP contribution in [0.5, 0.6) is 0 Å². The first-order valence-corrected chi connectivity index (χ1v) is 7.42. The van der Waals surface area contributed by atoms with E-state index in [9.17, 15) is 4.79 Å². The molecule has 116 valence electrons. The number of carbonyl (C=O) groups excluding carboxylic acids is 1. The molecule has 1 aliphatic rings. The smallest absolute Gasteiger partial charge is 0.224 e. The first-order valence-electron chi connectivity index (χ1n) is 7.42. The van der Waals surface area contributed by atoms with Crippen LogP contribution in [0.25, 0.3) is 0 Å². The lowest BCUT2D eigenvalue weighted by molar-refractivity contribution is -0.131. The molecule has 0 spiro atoms. The Bertz CT molecular complexity index is 419. The number of hydrogen-bond donors (Lipinski definition) is 1. The van der Waals surface area contributed by atoms with Gasteiger partial charge in [0, 0.05) is 32.6 Å². The van der Waals surface area contributed by atoms with Crippen molar-refractivity contribution < 1.29 is 14.3 Å². The Morgan fingerprint density at radius 1 is 1.43 bits per heavy atom. The molecule has 1 heterocycles. The molecule has 1 aromatic rings. The SMILES string of the molecule is CN(CCOCc1ccccc1)C(=O)CC1COCCN1. The van der Waals surface area contributed by atoms with Crippen LogP contribution in [0.3, 0.4) is 0 Å². The molecule has 0 saturated carbocycles. The monoisotopic (exact) mass is 292 g/mol. The van der Waals surface area contributed by atoms with Gasteiger partial charge in [-0.1, -0.05) is 30.3 Å². The molecule has 1 fully saturated rings. The molecule has 1 amide bonds. The molecule has 5 nitrogen and oxygen atoms in total. The number of nitrogens with one attached hydrogen (secondary N) is 1. The van der Waals surface area contributed by atoms with Crippen molar-refractivity contribution in [2.45, 2.75) is 19.1 Å². The highest BCUT2D eigenvalue weighted by molar-refractivity contribution is 5.76. The van der Waals surface area contributed by atoms with Gasteiger partial charge in [0.25, 0.3) is 0 Å². The van der Waals surface area contributed by atoms with E-state index >= 15 is 0 Å². The minimum atomic E-state index is 0.126. The summed E-state index contributed by atoms with van der Waals surface area (Å²) in [6.45, 7) is 3.91. The van der Waals surface area contributed by atoms with E-state index < -0.39 is 0 Å². The van der Waals surface area contributed by atoms with Crippen molar-refractivity contribution in [3.63, 3.8) is 0 Å². The summed E-state index contributed by atoms with van der Waals surface area (Å²) in [5.74, 6) is 0.126. The van der Waals surface area contributed by atoms with Gasteiger partial charge in [-0.15, -0.1) is 0 Å². The maximum Gasteiger partial charge on any atom is 0.224 e. The molecule has 1 unspecified atom stereocenters. The summed E-state index contributed by atoms with van der Waals surface area (Å²) in [6.07, 6.45) is 0.481. The summed E-state index contributed by atoms with van der Waals surface area (Å²) in [5.41, 5.74) is 1.15. The number of carbonyl (C=O) groups is 1. The minimum Gasteiger partial charge on any atom is -0.378 e. The second kappa shape index (κ2) is 8.77. The maximum atomic E-state index is 12.1. The Balaban J connectivity index is 1.60. The first kappa shape index (κ1) is 15.9. The zero-order valence-corrected chi connectivity index (χ0v) is 12.6. The average Bonchev–Trinajstić information content (AvgIpc) is 2.53. The van der Waals surface area contributed by atoms with Gasteiger partial charge in [0.2, 0.25) is 5.91 Å². The van der Waals surface area contributed by atoms with Crippen molar-refractivity contribution in [1.82, 2.24) is 10.2 Å². The Morgan fingerprint density at radius 3 is 2.95 bits per heavy atom. The highest BCUT2D eigenvalue weighted by Crippen LogP contribution is 2.03. The van der Waals surface area contributed by atoms with Crippen molar-refractivity contribution in [2.24, 2.45) is 0 Å². The molecule has 0 radical (unpaired) electrons. The topological polar surface area (TPSA) is 50.8 Å². The lowest BCUT2D eigenvalue weighted by atomic mass is 10.2. The van der Waals surface area contributed by atoms with Crippen molar-refractivity contribution in [2.75, 3.05) is 40.0 Å². The maximum absolute atomic E-state index is 12.1. The second-order valence-corrected chi connectivity index (χ2v) is 5.28. The summed E-state index contributed by atoms with van der Waals surface area (Å²) in [7, 11) is 1.82. The average molecular weight is 292 g/mol. The van der Waals surface area contributed by atoms with Gasteiger partial charge in [-0.2, -0.15) is 0 Å². The van der Waals surface area contributed by atoms with Gasteiger partial charge in [-0.3, -0.25) is 4.79 Å². The third-order valence-corrected chi connectivity index (χ3v) is 3.53. The third kappa shape index (κ3) is 5.83. The molecule has 1 saturated heterocycles. The van der Waals surface area contributed by atoms with E-state index in [4.69, 9.17) is 9.47 Å². The van der Waals surface area contributed by atoms with E-state index in [1.807, 2.05) is 37.4 Å². The van der Waals surface area contributed by atoms with E-state index in [1.165, 1.54) is 0 Å². The summed E-state index contributed by atoms with van der Waals surface area (Å²) in [5, 5.41) is 3.29. The van der Waals surface area contributed by atoms with Crippen LogP contribution in [0, 0.1) is 0 Å². The third-order valence-electron chi connectivity index (χ3n) is 3.53. The van der Waals surface area contributed by atoms with Gasteiger partial charge in [-0.25, -0.2) is 0 Å². The van der Waals surface area contributed by atoms with E-state index in [0.717, 1.165) is 18.7 Å². The Morgan fingerprint density at radius 2 is 2.24 bits per heavy atom. The highest BCUT2D eigenvalue weighted by atomic mass is 16.5. The van der Waals surface area contributed by atoms with Crippen LogP contribution in [-0.4, -0.2) is 56.8 Å². The lowest BCUT2D eigenvalue weighted by Crippen LogP contribution is -2.44. The molecular formula is C16H24N2O3. The Hall–Kier alpha value is -1.43. The zero-order chi connectivity index (χ0) is 14.9. The van der Waals surface area contributed by atoms with Gasteiger partial charge in [0.15, 0.2) is 0 Å². The standard InChI is InChI=1S/C16H24N2O3/c1-18(16(19)11-15-13-20-9-7-17-15)8-10-21-12-14-5-3-2-4-6-14/h2-6,15,17H,7-13H2,1H3. The van der Waals surface area contributed by atoms with E-state index in [1.54, 1.807) is 4.90 Å². The number of rotatable bonds is 7. The van der Waals surface area contributed by atoms with Crippen molar-refractivity contribution in [1.29, 1.82) is 0 Å². The normalized spacial score (nSPS) is 18.4. The predicted octanol–water partition coefficient (Wildman–Crippen LogP) is 1.04. The molecular weight excluding hydrogens is 268 g/mol. The number of amides is 1. The first-order chi connectivity index (χ1) is 10.3. The van der Waals surface area contributed by atoms with Gasteiger partial charge >= 0.3 is 0 Å². The van der Waals surface area contributed by atoms with Crippen molar-refractivity contribution in [3.05, 3.63) is 35.9 Å². The number of likely N-dealkylation sites (N-methyl/N-ethyl adjacent to an activating group) is 1. The minimum absolute atomic E-state index is 0.126. The molecule has 1 aromatic carbocycles. The molecule has 5 heteroatoms. The fourth-order valence-electron chi connectivity index (χ4n) is 2.21. The molecule has 1 atom stereocenters. The number of nitrogens with zero attached hydrogens (tertiary/aromatic N) is 1. The Kier molecular flexibility index (Phi) is 6.66. The number of hydrogen-bond acceptors (Lipinski definition) is 4. The summed E-state index contributed by atoms with van der Waals surface area (Å²) in [4.78, 5) is 13.8. The fraction of sp³-hybridized carbons (Fsp3) is 0.562. The van der Waals surface area contributed by atoms with E-state index in [-0.39, 0.29) is 11.9 Å². The molecule has 0 aromatic heterocycles. The molecule has 0 aliphatic carbocycles. The number of morpholine rings is 1. The quantitative estimate of drug-likeness (QED) is 0.763. The van der Waals surface area contributed by atoms with Crippen molar-refractivity contribution in [3.8, 4) is 0 Å². The van der Waals surface area contributed by atoms with E-state index in [0.29, 0.717) is 32.8 Å². The van der Waals surface area contributed by atoms with Crippen LogP contribution in [0.2, 0.25) is 0 Å². The van der Waals surface area contributed by atoms with Crippen LogP contribution < -0.4 is 5.32 Å². The molecule has 21 heavy (non-hydrogen) atoms. The van der Waals surface area contributed by atoms with Crippen LogP contribution in [0.1, 0.15) is 12.0 Å². The van der Waals surface area contributed by atoms with Gasteiger partial charge in [0.05, 0.1) is 26.4 Å². The van der Waals surface area contributed by atoms with Gasteiger partial charge in [0.1, 0.15) is 0 Å². The van der Waals surface area contributed by atoms with Gasteiger partial charge in [-0.05, 0) is 5.56 Å². The summed E-state index contributed by atoms with van der Waals surface area (Å²) in [6, 6.07) is 10.2. The number of benzene rings is 1. The van der Waals surface area contributed by atoms with Crippen LogP contribution >= 0.6 is 0 Å². The fourth-order valence-corrected chi connectivity index (χ4v) is 2.21. The predicted molar refractivity (Wildman–Crippen MR) is 81.0 cm³/mol. The molecule has 0 bridgehead atoms. The van der Waals surface area contributed by atoms with Crippen molar-refractivity contribution >= 4 is 5.91 Å². The van der Waals surface area contributed by atoms with Crippen LogP contribution in [-0.2, 0) is 20.9 Å². The van der Waals surface area contributed by atoms with Crippen LogP contribution in [0.15, 0.2) is 30.3 Å². The highest BCUT2D eigenvalue weighted by Gasteiger charge is 2.18. The largest absolute Gasteiger partial charge is 0.378 e. The van der Waals surface area contributed by atoms with Gasteiger partial charge < -0.3 is 19.7 Å². The molecule has 1 N–H and O–H groups in total. The molecule has 2 rings (SSSR count). The number of ether oxygens (including phenoxy) is 2. The summed E-state index contributed by atoms with van der Waals surface area (Å²) >= 11 is 0. The zero-order valence-electron chi connectivity index (χ0n) is 12.6. The van der Waals surface area contributed by atoms with E-state index in [2.05, 4.69) is 5.32 Å². The second-order valence-electron chi connectivity index (χ2n) is 5.28.